The quantitative estimate of drug-likeness (QED) is 0.394. The molecule has 2 amide bonds. The van der Waals surface area contributed by atoms with Crippen LogP contribution in [0.2, 0.25) is 10.0 Å². The van der Waals surface area contributed by atoms with E-state index in [2.05, 4.69) is 15.8 Å². The molecule has 0 saturated carbocycles. The van der Waals surface area contributed by atoms with Crippen LogP contribution in [-0.2, 0) is 0 Å². The van der Waals surface area contributed by atoms with Gasteiger partial charge in [0, 0.05) is 16.3 Å². The molecule has 0 unspecified atom stereocenters. The third-order valence-electron chi connectivity index (χ3n) is 4.34. The molecule has 0 fully saturated rings. The fourth-order valence-electron chi connectivity index (χ4n) is 2.72. The molecule has 3 rings (SSSR count). The lowest BCUT2D eigenvalue weighted by molar-refractivity contribution is 0.0954. The molecule has 0 aromatic heterocycles. The number of nitrogens with one attached hydrogen (secondary N) is 2. The van der Waals surface area contributed by atoms with Crippen molar-refractivity contribution in [2.75, 3.05) is 5.32 Å². The molecule has 2 N–H and O–H groups in total. The number of halogens is 2. The number of hydrogen-bond acceptors (Lipinski definition) is 3. The standard InChI is InChI=1S/C23H19Cl2N3O2/c1-14-4-3-5-17(12-14)22(29)28-27-15(2)16-6-9-19(10-7-16)26-23(30)20-11-8-18(24)13-21(20)25/h3-13H,1-2H3,(H,26,30)(H,28,29)/b27-15-. The molecule has 3 aromatic carbocycles. The van der Waals surface area contributed by atoms with E-state index in [0.29, 0.717) is 27.5 Å². The van der Waals surface area contributed by atoms with Gasteiger partial charge >= 0.3 is 0 Å². The minimum absolute atomic E-state index is 0.276. The Hall–Kier alpha value is -3.15. The van der Waals surface area contributed by atoms with Crippen LogP contribution in [0.4, 0.5) is 5.69 Å². The van der Waals surface area contributed by atoms with Crippen molar-refractivity contribution in [3.63, 3.8) is 0 Å². The highest BCUT2D eigenvalue weighted by Crippen LogP contribution is 2.22. The number of rotatable bonds is 5. The van der Waals surface area contributed by atoms with Crippen LogP contribution >= 0.6 is 23.2 Å². The van der Waals surface area contributed by atoms with Gasteiger partial charge in [-0.3, -0.25) is 9.59 Å². The Labute approximate surface area is 184 Å². The van der Waals surface area contributed by atoms with Crippen LogP contribution in [0.15, 0.2) is 71.8 Å². The summed E-state index contributed by atoms with van der Waals surface area (Å²) in [5.41, 5.74) is 6.48. The lowest BCUT2D eigenvalue weighted by Crippen LogP contribution is -2.19. The van der Waals surface area contributed by atoms with Crippen LogP contribution < -0.4 is 10.7 Å². The van der Waals surface area contributed by atoms with E-state index in [0.717, 1.165) is 11.1 Å². The SMILES string of the molecule is C/C(=N/NC(=O)c1cccc(C)c1)c1ccc(NC(=O)c2ccc(Cl)cc2Cl)cc1. The van der Waals surface area contributed by atoms with E-state index in [1.165, 1.54) is 6.07 Å². The molecule has 7 heteroatoms. The summed E-state index contributed by atoms with van der Waals surface area (Å²) in [5.74, 6) is -0.609. The Morgan fingerprint density at radius 2 is 1.60 bits per heavy atom. The van der Waals surface area contributed by atoms with Crippen LogP contribution in [0.25, 0.3) is 0 Å². The molecule has 152 valence electrons. The topological polar surface area (TPSA) is 70.6 Å². The highest BCUT2D eigenvalue weighted by Gasteiger charge is 2.11. The molecule has 0 aliphatic rings. The fourth-order valence-corrected chi connectivity index (χ4v) is 3.21. The van der Waals surface area contributed by atoms with Gasteiger partial charge in [0.2, 0.25) is 0 Å². The summed E-state index contributed by atoms with van der Waals surface area (Å²) in [5, 5.41) is 7.69. The molecule has 5 nitrogen and oxygen atoms in total. The van der Waals surface area contributed by atoms with Crippen molar-refractivity contribution < 1.29 is 9.59 Å². The van der Waals surface area contributed by atoms with Gasteiger partial charge in [-0.05, 0) is 61.9 Å². The number of carbonyl (C=O) groups excluding carboxylic acids is 2. The van der Waals surface area contributed by atoms with E-state index in [1.54, 1.807) is 55.5 Å². The first-order valence-electron chi connectivity index (χ1n) is 9.11. The van der Waals surface area contributed by atoms with E-state index >= 15 is 0 Å². The van der Waals surface area contributed by atoms with Gasteiger partial charge < -0.3 is 5.32 Å². The monoisotopic (exact) mass is 439 g/mol. The summed E-state index contributed by atoms with van der Waals surface area (Å²) in [6, 6.07) is 19.1. The van der Waals surface area contributed by atoms with Crippen LogP contribution in [0.1, 0.15) is 38.8 Å². The van der Waals surface area contributed by atoms with Gasteiger partial charge in [-0.2, -0.15) is 5.10 Å². The summed E-state index contributed by atoms with van der Waals surface area (Å²) in [7, 11) is 0. The molecule has 0 spiro atoms. The Kier molecular flexibility index (Phi) is 6.87. The van der Waals surface area contributed by atoms with Gasteiger partial charge in [-0.1, -0.05) is 53.0 Å². The minimum Gasteiger partial charge on any atom is -0.322 e. The molecule has 3 aromatic rings. The average Bonchev–Trinajstić information content (AvgIpc) is 2.72. The largest absolute Gasteiger partial charge is 0.322 e. The van der Waals surface area contributed by atoms with Gasteiger partial charge in [0.15, 0.2) is 0 Å². The zero-order chi connectivity index (χ0) is 21.7. The highest BCUT2D eigenvalue weighted by molar-refractivity contribution is 6.37. The summed E-state index contributed by atoms with van der Waals surface area (Å²) < 4.78 is 0. The first kappa shape index (κ1) is 21.6. The van der Waals surface area contributed by atoms with Gasteiger partial charge in [-0.15, -0.1) is 0 Å². The predicted molar refractivity (Wildman–Crippen MR) is 122 cm³/mol. The number of carbonyl (C=O) groups is 2. The molecule has 0 bridgehead atoms. The maximum absolute atomic E-state index is 12.4. The number of aryl methyl sites for hydroxylation is 1. The minimum atomic E-state index is -0.333. The van der Waals surface area contributed by atoms with Crippen molar-refractivity contribution in [3.8, 4) is 0 Å². The molecule has 0 atom stereocenters. The summed E-state index contributed by atoms with van der Waals surface area (Å²) in [6.07, 6.45) is 0. The maximum Gasteiger partial charge on any atom is 0.271 e. The lowest BCUT2D eigenvalue weighted by Gasteiger charge is -2.08. The number of amides is 2. The van der Waals surface area contributed by atoms with Crippen molar-refractivity contribution >= 4 is 46.4 Å². The summed E-state index contributed by atoms with van der Waals surface area (Å²) in [6.45, 7) is 3.71. The van der Waals surface area contributed by atoms with E-state index in [9.17, 15) is 9.59 Å². The van der Waals surface area contributed by atoms with Crippen molar-refractivity contribution in [3.05, 3.63) is 99.0 Å². The fraction of sp³-hybridized carbons (Fsp3) is 0.0870. The van der Waals surface area contributed by atoms with E-state index in [1.807, 2.05) is 19.1 Å². The normalized spacial score (nSPS) is 11.1. The Bertz CT molecular complexity index is 1130. The van der Waals surface area contributed by atoms with E-state index < -0.39 is 0 Å². The Morgan fingerprint density at radius 1 is 0.867 bits per heavy atom. The second-order valence-electron chi connectivity index (χ2n) is 6.66. The lowest BCUT2D eigenvalue weighted by atomic mass is 10.1. The Balaban J connectivity index is 1.65. The van der Waals surface area contributed by atoms with Crippen LogP contribution in [-0.4, -0.2) is 17.5 Å². The number of benzene rings is 3. The van der Waals surface area contributed by atoms with Gasteiger partial charge in [0.05, 0.1) is 16.3 Å². The molecule has 0 aliphatic heterocycles. The highest BCUT2D eigenvalue weighted by atomic mass is 35.5. The molecular weight excluding hydrogens is 421 g/mol. The number of hydrazone groups is 1. The van der Waals surface area contributed by atoms with E-state index in [-0.39, 0.29) is 16.8 Å². The third-order valence-corrected chi connectivity index (χ3v) is 4.89. The number of anilines is 1. The Morgan fingerprint density at radius 3 is 2.27 bits per heavy atom. The molecule has 0 heterocycles. The summed E-state index contributed by atoms with van der Waals surface area (Å²) >= 11 is 11.9. The first-order chi connectivity index (χ1) is 14.3. The smallest absolute Gasteiger partial charge is 0.271 e. The zero-order valence-corrected chi connectivity index (χ0v) is 17.9. The number of hydrogen-bond donors (Lipinski definition) is 2. The molecule has 0 radical (unpaired) electrons. The average molecular weight is 440 g/mol. The second kappa shape index (κ2) is 9.57. The molecular formula is C23H19Cl2N3O2. The number of nitrogens with zero attached hydrogens (tertiary/aromatic N) is 1. The second-order valence-corrected chi connectivity index (χ2v) is 7.51. The zero-order valence-electron chi connectivity index (χ0n) is 16.4. The molecule has 30 heavy (non-hydrogen) atoms. The van der Waals surface area contributed by atoms with Gasteiger partial charge in [-0.25, -0.2) is 5.43 Å². The van der Waals surface area contributed by atoms with Gasteiger partial charge in [0.25, 0.3) is 11.8 Å². The van der Waals surface area contributed by atoms with Crippen molar-refractivity contribution in [2.45, 2.75) is 13.8 Å². The summed E-state index contributed by atoms with van der Waals surface area (Å²) in [4.78, 5) is 24.6. The predicted octanol–water partition coefficient (Wildman–Crippen LogP) is 5.71. The van der Waals surface area contributed by atoms with Crippen molar-refractivity contribution in [1.82, 2.24) is 5.43 Å². The maximum atomic E-state index is 12.4. The first-order valence-corrected chi connectivity index (χ1v) is 9.87. The molecule has 0 saturated heterocycles. The third kappa shape index (κ3) is 5.47. The van der Waals surface area contributed by atoms with Gasteiger partial charge in [0.1, 0.15) is 0 Å². The van der Waals surface area contributed by atoms with Crippen molar-refractivity contribution in [1.29, 1.82) is 0 Å². The van der Waals surface area contributed by atoms with E-state index in [4.69, 9.17) is 23.2 Å². The molecule has 0 aliphatic carbocycles. The van der Waals surface area contributed by atoms with Crippen LogP contribution in [0.5, 0.6) is 0 Å². The van der Waals surface area contributed by atoms with Crippen LogP contribution in [0.3, 0.4) is 0 Å². The van der Waals surface area contributed by atoms with Crippen LogP contribution in [0, 0.1) is 6.92 Å². The van der Waals surface area contributed by atoms with Crippen molar-refractivity contribution in [2.24, 2.45) is 5.10 Å².